The minimum absolute atomic E-state index is 0.137. The van der Waals surface area contributed by atoms with Gasteiger partial charge in [0.05, 0.1) is 5.41 Å². The molecule has 0 aromatic carbocycles. The van der Waals surface area contributed by atoms with Crippen molar-refractivity contribution < 1.29 is 35.9 Å². The summed E-state index contributed by atoms with van der Waals surface area (Å²) >= 11 is 0. The summed E-state index contributed by atoms with van der Waals surface area (Å²) in [4.78, 5) is 12.3. The van der Waals surface area contributed by atoms with Gasteiger partial charge in [-0.1, -0.05) is 41.5 Å². The Morgan fingerprint density at radius 3 is 1.39 bits per heavy atom. The number of alkyl halides is 6. The van der Waals surface area contributed by atoms with Gasteiger partial charge in [-0.05, 0) is 24.2 Å². The largest absolute Gasteiger partial charge is 0.442 e. The van der Waals surface area contributed by atoms with E-state index in [1.807, 2.05) is 0 Å². The van der Waals surface area contributed by atoms with E-state index < -0.39 is 41.2 Å². The molecule has 2 unspecified atom stereocenters. The van der Waals surface area contributed by atoms with Crippen molar-refractivity contribution >= 4 is 5.97 Å². The predicted octanol–water partition coefficient (Wildman–Crippen LogP) is 5.37. The SMILES string of the molecule is CC(C)C(C)C(C)(C(=O)OC(C(F)(F)F)C(F)(F)F)C(C)(C)C. The standard InChI is InChI=1S/C15H24F6O2/c1-8(2)9(3)13(7,12(4,5)6)11(22)23-10(14(16,17)18)15(19,20)21/h8-10H,1-7H3. The van der Waals surface area contributed by atoms with E-state index in [9.17, 15) is 31.1 Å². The van der Waals surface area contributed by atoms with Crippen molar-refractivity contribution in [3.63, 3.8) is 0 Å². The smallest absolute Gasteiger partial charge is 0.434 e. The highest BCUT2D eigenvalue weighted by Crippen LogP contribution is 2.49. The maximum Gasteiger partial charge on any atom is 0.434 e. The van der Waals surface area contributed by atoms with E-state index >= 15 is 0 Å². The van der Waals surface area contributed by atoms with Gasteiger partial charge in [0.15, 0.2) is 0 Å². The van der Waals surface area contributed by atoms with Crippen LogP contribution in [0.1, 0.15) is 48.5 Å². The molecular formula is C15H24F6O2. The highest BCUT2D eigenvalue weighted by molar-refractivity contribution is 5.78. The lowest BCUT2D eigenvalue weighted by Crippen LogP contribution is -2.53. The van der Waals surface area contributed by atoms with Crippen LogP contribution in [0.4, 0.5) is 26.3 Å². The van der Waals surface area contributed by atoms with Crippen molar-refractivity contribution in [2.24, 2.45) is 22.7 Å². The molecule has 0 aliphatic rings. The zero-order chi connectivity index (χ0) is 19.0. The number of hydrogen-bond acceptors (Lipinski definition) is 2. The fourth-order valence-electron chi connectivity index (χ4n) is 2.39. The molecule has 2 atom stereocenters. The van der Waals surface area contributed by atoms with E-state index in [1.54, 1.807) is 41.5 Å². The first-order valence-corrected chi connectivity index (χ1v) is 7.21. The Labute approximate surface area is 132 Å². The number of halogens is 6. The van der Waals surface area contributed by atoms with Crippen LogP contribution in [0.25, 0.3) is 0 Å². The fraction of sp³-hybridized carbons (Fsp3) is 0.933. The van der Waals surface area contributed by atoms with E-state index in [1.165, 1.54) is 6.92 Å². The second kappa shape index (κ2) is 6.51. The van der Waals surface area contributed by atoms with Crippen LogP contribution in [0.2, 0.25) is 0 Å². The monoisotopic (exact) mass is 350 g/mol. The molecule has 0 heterocycles. The van der Waals surface area contributed by atoms with Crippen molar-refractivity contribution in [1.82, 2.24) is 0 Å². The Bertz CT molecular complexity index is 405. The lowest BCUT2D eigenvalue weighted by Gasteiger charge is -2.46. The van der Waals surface area contributed by atoms with Crippen molar-refractivity contribution in [1.29, 1.82) is 0 Å². The van der Waals surface area contributed by atoms with E-state index in [2.05, 4.69) is 4.74 Å². The van der Waals surface area contributed by atoms with Crippen LogP contribution in [-0.4, -0.2) is 24.4 Å². The second-order valence-electron chi connectivity index (χ2n) is 7.35. The van der Waals surface area contributed by atoms with Crippen molar-refractivity contribution in [3.05, 3.63) is 0 Å². The summed E-state index contributed by atoms with van der Waals surface area (Å²) in [6.07, 6.45) is -15.6. The van der Waals surface area contributed by atoms with Crippen LogP contribution < -0.4 is 0 Å². The van der Waals surface area contributed by atoms with E-state index in [4.69, 9.17) is 0 Å². The molecule has 0 aliphatic carbocycles. The molecule has 138 valence electrons. The van der Waals surface area contributed by atoms with Crippen LogP contribution >= 0.6 is 0 Å². The van der Waals surface area contributed by atoms with Gasteiger partial charge in [0.2, 0.25) is 0 Å². The number of carbonyl (C=O) groups excluding carboxylic acids is 1. The summed E-state index contributed by atoms with van der Waals surface area (Å²) in [5, 5.41) is 0. The van der Waals surface area contributed by atoms with Gasteiger partial charge >= 0.3 is 18.3 Å². The molecule has 8 heteroatoms. The summed E-state index contributed by atoms with van der Waals surface area (Å²) in [6, 6.07) is 0. The molecule has 0 saturated heterocycles. The van der Waals surface area contributed by atoms with Gasteiger partial charge in [-0.2, -0.15) is 26.3 Å². The van der Waals surface area contributed by atoms with E-state index in [0.29, 0.717) is 0 Å². The Hall–Kier alpha value is -0.950. The number of ether oxygens (including phenoxy) is 1. The van der Waals surface area contributed by atoms with E-state index in [-0.39, 0.29) is 5.92 Å². The molecule has 0 rings (SSSR count). The normalized spacial score (nSPS) is 18.0. The Morgan fingerprint density at radius 2 is 1.17 bits per heavy atom. The Morgan fingerprint density at radius 1 is 0.826 bits per heavy atom. The van der Waals surface area contributed by atoms with Gasteiger partial charge in [-0.3, -0.25) is 4.79 Å². The van der Waals surface area contributed by atoms with Crippen LogP contribution in [-0.2, 0) is 9.53 Å². The molecule has 0 aliphatic heterocycles. The third-order valence-corrected chi connectivity index (χ3v) is 4.71. The minimum atomic E-state index is -5.71. The Kier molecular flexibility index (Phi) is 6.24. The predicted molar refractivity (Wildman–Crippen MR) is 73.6 cm³/mol. The molecule has 0 fully saturated rings. The molecule has 23 heavy (non-hydrogen) atoms. The van der Waals surface area contributed by atoms with Gasteiger partial charge < -0.3 is 4.74 Å². The first-order valence-electron chi connectivity index (χ1n) is 7.21. The van der Waals surface area contributed by atoms with Crippen molar-refractivity contribution in [2.75, 3.05) is 0 Å². The molecule has 2 nitrogen and oxygen atoms in total. The lowest BCUT2D eigenvalue weighted by molar-refractivity contribution is -0.317. The number of esters is 1. The Balaban J connectivity index is 5.83. The third kappa shape index (κ3) is 4.76. The zero-order valence-corrected chi connectivity index (χ0v) is 14.3. The van der Waals surface area contributed by atoms with Crippen LogP contribution in [0.5, 0.6) is 0 Å². The van der Waals surface area contributed by atoms with Crippen molar-refractivity contribution in [2.45, 2.75) is 66.9 Å². The van der Waals surface area contributed by atoms with Gasteiger partial charge in [0.25, 0.3) is 6.10 Å². The molecular weight excluding hydrogens is 326 g/mol. The molecule has 0 spiro atoms. The summed E-state index contributed by atoms with van der Waals surface area (Å²) in [5.41, 5.74) is -2.41. The molecule has 0 bridgehead atoms. The first-order chi connectivity index (χ1) is 9.86. The molecule has 0 N–H and O–H groups in total. The summed E-state index contributed by atoms with van der Waals surface area (Å²) < 4.78 is 79.7. The lowest BCUT2D eigenvalue weighted by atomic mass is 9.58. The van der Waals surface area contributed by atoms with Crippen molar-refractivity contribution in [3.8, 4) is 0 Å². The first kappa shape index (κ1) is 22.1. The van der Waals surface area contributed by atoms with Gasteiger partial charge in [0, 0.05) is 0 Å². The molecule has 0 aromatic rings. The van der Waals surface area contributed by atoms with Gasteiger partial charge in [-0.25, -0.2) is 0 Å². The highest BCUT2D eigenvalue weighted by Gasteiger charge is 2.62. The molecule has 0 radical (unpaired) electrons. The highest BCUT2D eigenvalue weighted by atomic mass is 19.4. The number of rotatable bonds is 4. The second-order valence-corrected chi connectivity index (χ2v) is 7.35. The maximum atomic E-state index is 12.6. The zero-order valence-electron chi connectivity index (χ0n) is 14.3. The quantitative estimate of drug-likeness (QED) is 0.503. The molecule has 0 amide bonds. The molecule has 0 saturated carbocycles. The molecule has 0 aromatic heterocycles. The van der Waals surface area contributed by atoms with Crippen LogP contribution in [0, 0.1) is 22.7 Å². The maximum absolute atomic E-state index is 12.6. The van der Waals surface area contributed by atoms with Gasteiger partial charge in [-0.15, -0.1) is 0 Å². The summed E-state index contributed by atoms with van der Waals surface area (Å²) in [7, 11) is 0. The summed E-state index contributed by atoms with van der Waals surface area (Å²) in [6.45, 7) is 11.2. The topological polar surface area (TPSA) is 26.3 Å². The summed E-state index contributed by atoms with van der Waals surface area (Å²) in [5.74, 6) is -2.12. The van der Waals surface area contributed by atoms with Gasteiger partial charge in [0.1, 0.15) is 0 Å². The minimum Gasteiger partial charge on any atom is -0.442 e. The average Bonchev–Trinajstić information content (AvgIpc) is 2.28. The van der Waals surface area contributed by atoms with E-state index in [0.717, 1.165) is 0 Å². The number of carbonyl (C=O) groups is 1. The third-order valence-electron chi connectivity index (χ3n) is 4.71. The fourth-order valence-corrected chi connectivity index (χ4v) is 2.39. The average molecular weight is 350 g/mol. The van der Waals surface area contributed by atoms with Crippen LogP contribution in [0.15, 0.2) is 0 Å². The number of hydrogen-bond donors (Lipinski definition) is 0. The van der Waals surface area contributed by atoms with Crippen LogP contribution in [0.3, 0.4) is 0 Å².